The number of aryl methyl sites for hydroxylation is 3. The summed E-state index contributed by atoms with van der Waals surface area (Å²) in [5.41, 5.74) is 6.70. The summed E-state index contributed by atoms with van der Waals surface area (Å²) in [4.78, 5) is 25.3. The van der Waals surface area contributed by atoms with Crippen molar-refractivity contribution < 1.29 is 14.3 Å². The van der Waals surface area contributed by atoms with E-state index in [9.17, 15) is 9.59 Å². The largest absolute Gasteiger partial charge is 0.492 e. The molecule has 2 aliphatic rings. The van der Waals surface area contributed by atoms with Gasteiger partial charge in [-0.25, -0.2) is 0 Å². The molecule has 0 amide bonds. The van der Waals surface area contributed by atoms with Crippen molar-refractivity contribution in [1.82, 2.24) is 0 Å². The van der Waals surface area contributed by atoms with E-state index in [-0.39, 0.29) is 29.3 Å². The highest BCUT2D eigenvalue weighted by molar-refractivity contribution is 6.25. The van der Waals surface area contributed by atoms with E-state index in [1.165, 1.54) is 16.7 Å². The van der Waals surface area contributed by atoms with Crippen molar-refractivity contribution in [2.75, 3.05) is 0 Å². The Balaban J connectivity index is 1.78. The van der Waals surface area contributed by atoms with Gasteiger partial charge in [0.05, 0.1) is 5.57 Å². The predicted molar refractivity (Wildman–Crippen MR) is 133 cm³/mol. The van der Waals surface area contributed by atoms with Gasteiger partial charge in [-0.3, -0.25) is 9.59 Å². The topological polar surface area (TPSA) is 43.4 Å². The summed E-state index contributed by atoms with van der Waals surface area (Å²) >= 11 is 0. The molecule has 2 aromatic carbocycles. The minimum absolute atomic E-state index is 0.0509. The second-order valence-corrected chi connectivity index (χ2v) is 9.46. The molecule has 0 saturated heterocycles. The van der Waals surface area contributed by atoms with Crippen LogP contribution < -0.4 is 0 Å². The number of hydrogen-bond acceptors (Lipinski definition) is 3. The van der Waals surface area contributed by atoms with Crippen molar-refractivity contribution in [3.63, 3.8) is 0 Å². The van der Waals surface area contributed by atoms with Gasteiger partial charge >= 0.3 is 0 Å². The summed E-state index contributed by atoms with van der Waals surface area (Å²) in [6.45, 7) is 8.47. The van der Waals surface area contributed by atoms with E-state index in [0.29, 0.717) is 6.61 Å². The van der Waals surface area contributed by atoms with E-state index in [4.69, 9.17) is 4.74 Å². The molecule has 2 aliphatic carbocycles. The fourth-order valence-electron chi connectivity index (χ4n) is 5.56. The Morgan fingerprint density at radius 2 is 1.67 bits per heavy atom. The first-order valence-corrected chi connectivity index (χ1v) is 12.2. The van der Waals surface area contributed by atoms with Crippen molar-refractivity contribution in [3.05, 3.63) is 88.2 Å². The summed E-state index contributed by atoms with van der Waals surface area (Å²) < 4.78 is 6.51. The third-order valence-corrected chi connectivity index (χ3v) is 7.06. The maximum atomic E-state index is 13.9. The molecule has 1 saturated carbocycles. The van der Waals surface area contributed by atoms with E-state index < -0.39 is 0 Å². The van der Waals surface area contributed by atoms with Crippen LogP contribution in [-0.2, 0) is 33.8 Å². The van der Waals surface area contributed by atoms with Crippen LogP contribution in [0.5, 0.6) is 0 Å². The number of hydrogen-bond donors (Lipinski definition) is 0. The molecular formula is C30H34O3. The average Bonchev–Trinajstić information content (AvgIpc) is 3.34. The zero-order valence-corrected chi connectivity index (χ0v) is 20.2. The summed E-state index contributed by atoms with van der Waals surface area (Å²) in [7, 11) is 0. The first kappa shape index (κ1) is 23.2. The van der Waals surface area contributed by atoms with E-state index in [2.05, 4.69) is 45.0 Å². The van der Waals surface area contributed by atoms with Gasteiger partial charge in [0.1, 0.15) is 12.4 Å². The minimum Gasteiger partial charge on any atom is -0.492 e. The Kier molecular flexibility index (Phi) is 6.97. The average molecular weight is 443 g/mol. The van der Waals surface area contributed by atoms with Crippen molar-refractivity contribution in [2.24, 2.45) is 17.8 Å². The molecular weight excluding hydrogens is 408 g/mol. The van der Waals surface area contributed by atoms with E-state index in [1.54, 1.807) is 13.0 Å². The number of carbonyl (C=O) groups excluding carboxylic acids is 2. The van der Waals surface area contributed by atoms with E-state index in [1.807, 2.05) is 24.3 Å². The van der Waals surface area contributed by atoms with E-state index >= 15 is 0 Å². The minimum atomic E-state index is -0.0666. The Hall–Kier alpha value is -2.94. The Bertz CT molecular complexity index is 1080. The van der Waals surface area contributed by atoms with Gasteiger partial charge in [-0.15, -0.1) is 0 Å². The lowest BCUT2D eigenvalue weighted by Crippen LogP contribution is -2.13. The van der Waals surface area contributed by atoms with Gasteiger partial charge in [0.2, 0.25) is 0 Å². The molecule has 3 atom stereocenters. The maximum Gasteiger partial charge on any atom is 0.170 e. The van der Waals surface area contributed by atoms with Crippen molar-refractivity contribution in [2.45, 2.75) is 60.0 Å². The third kappa shape index (κ3) is 4.73. The molecule has 4 rings (SSSR count). The highest BCUT2D eigenvalue weighted by Gasteiger charge is 2.49. The quantitative estimate of drug-likeness (QED) is 0.443. The second-order valence-electron chi connectivity index (χ2n) is 9.46. The lowest BCUT2D eigenvalue weighted by atomic mass is 9.87. The number of ketones is 2. The summed E-state index contributed by atoms with van der Waals surface area (Å²) in [5, 5.41) is 0. The van der Waals surface area contributed by atoms with Gasteiger partial charge in [-0.2, -0.15) is 0 Å². The molecule has 0 bridgehead atoms. The van der Waals surface area contributed by atoms with Gasteiger partial charge in [0, 0.05) is 11.8 Å². The zero-order chi connectivity index (χ0) is 23.5. The molecule has 0 spiro atoms. The maximum absolute atomic E-state index is 13.9. The normalized spacial score (nSPS) is 22.3. The first-order valence-electron chi connectivity index (χ1n) is 12.2. The zero-order valence-electron chi connectivity index (χ0n) is 20.2. The number of fused-ring (bicyclic) bond motifs is 1. The van der Waals surface area contributed by atoms with Gasteiger partial charge in [0.15, 0.2) is 11.6 Å². The van der Waals surface area contributed by atoms with Crippen molar-refractivity contribution >= 4 is 17.1 Å². The monoisotopic (exact) mass is 442 g/mol. The van der Waals surface area contributed by atoms with Crippen molar-refractivity contribution in [3.8, 4) is 0 Å². The van der Waals surface area contributed by atoms with Gasteiger partial charge in [-0.05, 0) is 73.8 Å². The van der Waals surface area contributed by atoms with Crippen LogP contribution in [0.4, 0.5) is 0 Å². The SMILES string of the molecule is CCc1cc(C)cc(CC)c1C1=C(OCc2ccccc2)C2CC(/C=C/C(C)=O)CC2C1=O. The highest BCUT2D eigenvalue weighted by atomic mass is 16.5. The van der Waals surface area contributed by atoms with Gasteiger partial charge in [0.25, 0.3) is 0 Å². The standard InChI is InChI=1S/C30H34O3/c1-5-23-14-19(3)15-24(6-2)27(23)28-29(32)25-16-22(13-12-20(4)31)17-26(25)30(28)33-18-21-10-8-7-9-11-21/h7-15,22,25-26H,5-6,16-18H2,1-4H3/b13-12+. The van der Waals surface area contributed by atoms with Crippen LogP contribution >= 0.6 is 0 Å². The number of ether oxygens (including phenoxy) is 1. The lowest BCUT2D eigenvalue weighted by molar-refractivity contribution is -0.117. The Labute approximate surface area is 197 Å². The van der Waals surface area contributed by atoms with Gasteiger partial charge in [-0.1, -0.05) is 68.0 Å². The Morgan fingerprint density at radius 1 is 1.03 bits per heavy atom. The fourth-order valence-corrected chi connectivity index (χ4v) is 5.56. The van der Waals surface area contributed by atoms with Gasteiger partial charge < -0.3 is 4.74 Å². The van der Waals surface area contributed by atoms with Crippen LogP contribution in [0.15, 0.2) is 60.4 Å². The fraction of sp³-hybridized carbons (Fsp3) is 0.400. The second kappa shape index (κ2) is 9.91. The third-order valence-electron chi connectivity index (χ3n) is 7.06. The van der Waals surface area contributed by atoms with Crippen LogP contribution in [0.1, 0.15) is 61.4 Å². The molecule has 3 heteroatoms. The molecule has 0 radical (unpaired) electrons. The van der Waals surface area contributed by atoms with Crippen LogP contribution in [-0.4, -0.2) is 11.6 Å². The highest BCUT2D eigenvalue weighted by Crippen LogP contribution is 2.52. The number of Topliss-reactive ketones (excluding diaryl/α,β-unsaturated/α-hetero) is 1. The van der Waals surface area contributed by atoms with Crippen LogP contribution in [0.3, 0.4) is 0 Å². The summed E-state index contributed by atoms with van der Waals surface area (Å²) in [5.74, 6) is 1.38. The number of carbonyl (C=O) groups is 2. The lowest BCUT2D eigenvalue weighted by Gasteiger charge is -2.19. The molecule has 0 aromatic heterocycles. The molecule has 172 valence electrons. The van der Waals surface area contributed by atoms with Crippen LogP contribution in [0.2, 0.25) is 0 Å². The molecule has 1 fully saturated rings. The summed E-state index contributed by atoms with van der Waals surface area (Å²) in [6.07, 6.45) is 7.03. The first-order chi connectivity index (χ1) is 15.9. The Morgan fingerprint density at radius 3 is 2.27 bits per heavy atom. The predicted octanol–water partition coefficient (Wildman–Crippen LogP) is 6.42. The number of allylic oxidation sites excluding steroid dienone is 4. The number of rotatable bonds is 8. The molecule has 2 aromatic rings. The molecule has 3 unspecified atom stereocenters. The summed E-state index contributed by atoms with van der Waals surface area (Å²) in [6, 6.07) is 14.6. The van der Waals surface area contributed by atoms with Crippen LogP contribution in [0, 0.1) is 24.7 Å². The molecule has 33 heavy (non-hydrogen) atoms. The molecule has 0 aliphatic heterocycles. The van der Waals surface area contributed by atoms with Crippen LogP contribution in [0.25, 0.3) is 5.57 Å². The molecule has 0 heterocycles. The number of benzene rings is 2. The smallest absolute Gasteiger partial charge is 0.170 e. The van der Waals surface area contributed by atoms with Crippen molar-refractivity contribution in [1.29, 1.82) is 0 Å². The molecule has 0 N–H and O–H groups in total. The van der Waals surface area contributed by atoms with E-state index in [0.717, 1.165) is 48.1 Å². The molecule has 3 nitrogen and oxygen atoms in total.